The van der Waals surface area contributed by atoms with Crippen LogP contribution in [0, 0.1) is 11.3 Å². The molecule has 282 valence electrons. The lowest BCUT2D eigenvalue weighted by Gasteiger charge is -2.55. The van der Waals surface area contributed by atoms with Crippen LogP contribution in [0.1, 0.15) is 106 Å². The van der Waals surface area contributed by atoms with Crippen molar-refractivity contribution in [1.82, 2.24) is 19.8 Å². The Morgan fingerprint density at radius 1 is 1.00 bits per heavy atom. The highest BCUT2D eigenvalue weighted by atomic mass is 31.2. The van der Waals surface area contributed by atoms with Crippen molar-refractivity contribution in [2.45, 2.75) is 137 Å². The summed E-state index contributed by atoms with van der Waals surface area (Å²) in [7, 11) is -3.76. The standard InChI is InChI=1S/C35H63N4O9P/c1-8-46-49(43,47-9-2)25-31(40)39-30-24-37(27-15-18-36(19-16-27)17-11-13-21-45-32-14-10-12-20-44-32)33(41)28(23-35(5,6)7)38(30)34(42)29(48-39)22-26(3)4/h26-30,32H,8-25H2,1-7H3/t28-,29+,30-,32?/m0/s1. The molecule has 4 saturated heterocycles. The molecule has 3 amide bonds. The smallest absolute Gasteiger partial charge is 0.340 e. The van der Waals surface area contributed by atoms with Crippen molar-refractivity contribution in [3.8, 4) is 0 Å². The number of ether oxygens (including phenoxy) is 2. The Bertz CT molecular complexity index is 1130. The Labute approximate surface area is 294 Å². The van der Waals surface area contributed by atoms with E-state index in [2.05, 4.69) is 25.7 Å². The Hall–Kier alpha value is -1.60. The molecule has 4 fully saturated rings. The predicted octanol–water partition coefficient (Wildman–Crippen LogP) is 5.03. The normalized spacial score (nSPS) is 26.5. The van der Waals surface area contributed by atoms with E-state index < -0.39 is 38.0 Å². The van der Waals surface area contributed by atoms with Crippen LogP contribution in [0.2, 0.25) is 0 Å². The van der Waals surface area contributed by atoms with Gasteiger partial charge in [-0.1, -0.05) is 34.6 Å². The summed E-state index contributed by atoms with van der Waals surface area (Å²) >= 11 is 0. The maximum absolute atomic E-state index is 14.4. The molecule has 0 N–H and O–H groups in total. The Kier molecular flexibility index (Phi) is 15.0. The Balaban J connectivity index is 1.48. The van der Waals surface area contributed by atoms with E-state index in [1.54, 1.807) is 18.7 Å². The predicted molar refractivity (Wildman–Crippen MR) is 185 cm³/mol. The van der Waals surface area contributed by atoms with Crippen LogP contribution in [0.25, 0.3) is 0 Å². The molecule has 4 atom stereocenters. The summed E-state index contributed by atoms with van der Waals surface area (Å²) in [5.41, 5.74) is -0.273. The van der Waals surface area contributed by atoms with Gasteiger partial charge in [-0.25, -0.2) is 0 Å². The van der Waals surface area contributed by atoms with Gasteiger partial charge >= 0.3 is 7.60 Å². The number of carbonyl (C=O) groups excluding carboxylic acids is 3. The number of fused-ring (bicyclic) bond motifs is 1. The molecule has 0 saturated carbocycles. The van der Waals surface area contributed by atoms with E-state index in [4.69, 9.17) is 23.4 Å². The second-order valence-electron chi connectivity index (χ2n) is 15.5. The number of likely N-dealkylation sites (tertiary alicyclic amines) is 1. The first-order chi connectivity index (χ1) is 23.2. The molecule has 4 rings (SSSR count). The van der Waals surface area contributed by atoms with Gasteiger partial charge in [0.2, 0.25) is 5.91 Å². The maximum Gasteiger partial charge on any atom is 0.340 e. The van der Waals surface area contributed by atoms with Gasteiger partial charge in [-0.3, -0.25) is 23.8 Å². The number of hydroxylamine groups is 2. The van der Waals surface area contributed by atoms with Crippen molar-refractivity contribution < 1.29 is 42.3 Å². The molecule has 4 heterocycles. The van der Waals surface area contributed by atoms with E-state index >= 15 is 0 Å². The molecule has 0 bridgehead atoms. The summed E-state index contributed by atoms with van der Waals surface area (Å²) in [6.45, 7) is 18.1. The first-order valence-corrected chi connectivity index (χ1v) is 20.4. The van der Waals surface area contributed by atoms with Crippen molar-refractivity contribution in [2.75, 3.05) is 58.8 Å². The van der Waals surface area contributed by atoms with Gasteiger partial charge in [-0.15, -0.1) is 0 Å². The van der Waals surface area contributed by atoms with Crippen molar-refractivity contribution in [1.29, 1.82) is 0 Å². The highest BCUT2D eigenvalue weighted by Gasteiger charge is 2.55. The molecule has 1 unspecified atom stereocenters. The van der Waals surface area contributed by atoms with Crippen LogP contribution in [0.4, 0.5) is 0 Å². The van der Waals surface area contributed by atoms with E-state index in [0.29, 0.717) is 19.4 Å². The van der Waals surface area contributed by atoms with Gasteiger partial charge in [0.15, 0.2) is 18.6 Å². The molecule has 4 aliphatic heterocycles. The molecule has 0 aromatic heterocycles. The summed E-state index contributed by atoms with van der Waals surface area (Å²) in [5, 5.41) is 1.21. The van der Waals surface area contributed by atoms with E-state index in [9.17, 15) is 18.9 Å². The van der Waals surface area contributed by atoms with Gasteiger partial charge < -0.3 is 33.2 Å². The van der Waals surface area contributed by atoms with Crippen LogP contribution in [0.3, 0.4) is 0 Å². The van der Waals surface area contributed by atoms with Crippen LogP contribution < -0.4 is 0 Å². The number of hydrogen-bond acceptors (Lipinski definition) is 10. The minimum Gasteiger partial charge on any atom is -0.353 e. The van der Waals surface area contributed by atoms with Crippen LogP contribution in [-0.2, 0) is 42.3 Å². The number of amides is 3. The zero-order valence-electron chi connectivity index (χ0n) is 31.1. The lowest BCUT2D eigenvalue weighted by atomic mass is 9.84. The fraction of sp³-hybridized carbons (Fsp3) is 0.914. The van der Waals surface area contributed by atoms with E-state index in [-0.39, 0.29) is 55.2 Å². The molecular weight excluding hydrogens is 651 g/mol. The summed E-state index contributed by atoms with van der Waals surface area (Å²) in [6.07, 6.45) is 5.31. The fourth-order valence-corrected chi connectivity index (χ4v) is 8.89. The van der Waals surface area contributed by atoms with Gasteiger partial charge in [0.05, 0.1) is 19.8 Å². The highest BCUT2D eigenvalue weighted by Crippen LogP contribution is 2.48. The third-order valence-electron chi connectivity index (χ3n) is 9.65. The molecule has 0 spiro atoms. The molecule has 0 aromatic rings. The number of nitrogens with zero attached hydrogens (tertiary/aromatic N) is 4. The maximum atomic E-state index is 14.4. The van der Waals surface area contributed by atoms with Gasteiger partial charge in [0.1, 0.15) is 12.2 Å². The van der Waals surface area contributed by atoms with Crippen LogP contribution in [0.5, 0.6) is 0 Å². The molecule has 0 aromatic carbocycles. The lowest BCUT2D eigenvalue weighted by Crippen LogP contribution is -2.75. The zero-order chi connectivity index (χ0) is 35.8. The van der Waals surface area contributed by atoms with Crippen LogP contribution >= 0.6 is 7.60 Å². The molecule has 0 aliphatic carbocycles. The number of rotatable bonds is 16. The average molecular weight is 715 g/mol. The third-order valence-corrected chi connectivity index (χ3v) is 11.6. The number of unbranched alkanes of at least 4 members (excludes halogenated alkanes) is 1. The quantitative estimate of drug-likeness (QED) is 0.159. The van der Waals surface area contributed by atoms with Crippen LogP contribution in [0.15, 0.2) is 0 Å². The molecule has 0 radical (unpaired) electrons. The summed E-state index contributed by atoms with van der Waals surface area (Å²) in [4.78, 5) is 54.7. The molecule has 14 heteroatoms. The average Bonchev–Trinajstić information content (AvgIpc) is 3.03. The second-order valence-corrected chi connectivity index (χ2v) is 17.5. The summed E-state index contributed by atoms with van der Waals surface area (Å²) in [6, 6.07) is -0.782. The van der Waals surface area contributed by atoms with Crippen molar-refractivity contribution in [3.05, 3.63) is 0 Å². The van der Waals surface area contributed by atoms with Crippen molar-refractivity contribution in [3.63, 3.8) is 0 Å². The molecule has 49 heavy (non-hydrogen) atoms. The first-order valence-electron chi connectivity index (χ1n) is 18.7. The molecular formula is C35H63N4O9P. The monoisotopic (exact) mass is 714 g/mol. The van der Waals surface area contributed by atoms with E-state index in [1.165, 1.54) is 5.06 Å². The number of carbonyl (C=O) groups is 3. The highest BCUT2D eigenvalue weighted by molar-refractivity contribution is 7.54. The lowest BCUT2D eigenvalue weighted by molar-refractivity contribution is -0.277. The molecule has 4 aliphatic rings. The number of piperazine rings is 1. The van der Waals surface area contributed by atoms with Gasteiger partial charge in [-0.2, -0.15) is 5.06 Å². The van der Waals surface area contributed by atoms with Crippen molar-refractivity contribution in [2.24, 2.45) is 11.3 Å². The fourth-order valence-electron chi connectivity index (χ4n) is 7.38. The second kappa shape index (κ2) is 18.2. The Morgan fingerprint density at radius 3 is 2.29 bits per heavy atom. The topological polar surface area (TPSA) is 127 Å². The minimum absolute atomic E-state index is 0.0291. The summed E-state index contributed by atoms with van der Waals surface area (Å²) in [5.74, 6) is -0.843. The Morgan fingerprint density at radius 2 is 1.69 bits per heavy atom. The van der Waals surface area contributed by atoms with E-state index in [0.717, 1.165) is 71.2 Å². The molecule has 13 nitrogen and oxygen atoms in total. The SMILES string of the molecule is CCOP(=O)(CC(=O)N1O[C@H](CC(C)C)C(=O)N2[C@@H]1CN(C1CCN(CCCCOC3CCCCO3)CC1)C(=O)[C@@H]2CC(C)(C)C)OCC. The van der Waals surface area contributed by atoms with E-state index in [1.807, 2.05) is 18.7 Å². The zero-order valence-corrected chi connectivity index (χ0v) is 32.0. The first kappa shape index (κ1) is 40.2. The minimum atomic E-state index is -3.76. The number of piperidine rings is 1. The van der Waals surface area contributed by atoms with Gasteiger partial charge in [0, 0.05) is 32.3 Å². The van der Waals surface area contributed by atoms with Crippen molar-refractivity contribution >= 4 is 25.3 Å². The summed E-state index contributed by atoms with van der Waals surface area (Å²) < 4.78 is 35.9. The van der Waals surface area contributed by atoms with Crippen LogP contribution in [-0.4, -0.2) is 127 Å². The number of hydrogen-bond donors (Lipinski definition) is 0. The third kappa shape index (κ3) is 11.2. The van der Waals surface area contributed by atoms with Gasteiger partial charge in [-0.05, 0) is 89.5 Å². The largest absolute Gasteiger partial charge is 0.353 e. The van der Waals surface area contributed by atoms with Gasteiger partial charge in [0.25, 0.3) is 11.8 Å².